The Bertz CT molecular complexity index is 576. The van der Waals surface area contributed by atoms with Gasteiger partial charge in [-0.05, 0) is 56.8 Å². The molecule has 1 aromatic rings. The maximum Gasteiger partial charge on any atom is 0.387 e. The van der Waals surface area contributed by atoms with Gasteiger partial charge in [-0.1, -0.05) is 18.6 Å². The Morgan fingerprint density at radius 3 is 2.64 bits per heavy atom. The second-order valence-electron chi connectivity index (χ2n) is 7.00. The number of nitrogens with zero attached hydrogens (tertiary/aromatic N) is 2. The van der Waals surface area contributed by atoms with Gasteiger partial charge in [0.2, 0.25) is 0 Å². The molecule has 25 heavy (non-hydrogen) atoms. The Hall–Kier alpha value is -1.69. The number of piperidine rings is 2. The molecule has 1 atom stereocenters. The zero-order valence-corrected chi connectivity index (χ0v) is 14.5. The predicted molar refractivity (Wildman–Crippen MR) is 92.0 cm³/mol. The van der Waals surface area contributed by atoms with Gasteiger partial charge in [0.05, 0.1) is 5.56 Å². The second-order valence-corrected chi connectivity index (χ2v) is 7.00. The van der Waals surface area contributed by atoms with Crippen LogP contribution in [0.1, 0.15) is 42.5 Å². The van der Waals surface area contributed by atoms with Crippen molar-refractivity contribution in [3.05, 3.63) is 29.8 Å². The molecule has 2 heterocycles. The first-order chi connectivity index (χ1) is 12.1. The first-order valence-electron chi connectivity index (χ1n) is 9.19. The van der Waals surface area contributed by atoms with Crippen LogP contribution in [0, 0.1) is 5.92 Å². The van der Waals surface area contributed by atoms with Crippen LogP contribution in [0.3, 0.4) is 0 Å². The van der Waals surface area contributed by atoms with Crippen molar-refractivity contribution in [2.24, 2.45) is 5.92 Å². The minimum absolute atomic E-state index is 0.0411. The monoisotopic (exact) mass is 352 g/mol. The molecule has 2 aliphatic rings. The number of carbonyl (C=O) groups excluding carboxylic acids is 1. The highest BCUT2D eigenvalue weighted by Crippen LogP contribution is 2.25. The van der Waals surface area contributed by atoms with Gasteiger partial charge in [-0.2, -0.15) is 8.78 Å². The quantitative estimate of drug-likeness (QED) is 0.811. The number of alkyl halides is 2. The van der Waals surface area contributed by atoms with Gasteiger partial charge in [0.15, 0.2) is 0 Å². The van der Waals surface area contributed by atoms with Crippen LogP contribution in [0.25, 0.3) is 0 Å². The Kier molecular flexibility index (Phi) is 6.24. The lowest BCUT2D eigenvalue weighted by Crippen LogP contribution is -2.44. The van der Waals surface area contributed by atoms with Gasteiger partial charge in [0, 0.05) is 19.6 Å². The van der Waals surface area contributed by atoms with Gasteiger partial charge in [0.1, 0.15) is 5.75 Å². The molecule has 4 nitrogen and oxygen atoms in total. The van der Waals surface area contributed by atoms with E-state index in [1.165, 1.54) is 25.3 Å². The van der Waals surface area contributed by atoms with Crippen molar-refractivity contribution in [2.45, 2.75) is 38.7 Å². The maximum atomic E-state index is 12.8. The van der Waals surface area contributed by atoms with Crippen LogP contribution in [0.4, 0.5) is 8.78 Å². The van der Waals surface area contributed by atoms with E-state index in [0.717, 1.165) is 32.5 Å². The molecule has 6 heteroatoms. The van der Waals surface area contributed by atoms with Crippen LogP contribution in [0.2, 0.25) is 0 Å². The van der Waals surface area contributed by atoms with Gasteiger partial charge < -0.3 is 14.5 Å². The van der Waals surface area contributed by atoms with Crippen LogP contribution < -0.4 is 4.74 Å². The van der Waals surface area contributed by atoms with Gasteiger partial charge in [-0.15, -0.1) is 0 Å². The van der Waals surface area contributed by atoms with E-state index in [4.69, 9.17) is 0 Å². The highest BCUT2D eigenvalue weighted by atomic mass is 19.3. The topological polar surface area (TPSA) is 32.8 Å². The van der Waals surface area contributed by atoms with Crippen molar-refractivity contribution in [3.63, 3.8) is 0 Å². The van der Waals surface area contributed by atoms with Gasteiger partial charge >= 0.3 is 6.61 Å². The van der Waals surface area contributed by atoms with Crippen LogP contribution in [0.15, 0.2) is 24.3 Å². The largest absolute Gasteiger partial charge is 0.434 e. The van der Waals surface area contributed by atoms with E-state index in [2.05, 4.69) is 9.64 Å². The summed E-state index contributed by atoms with van der Waals surface area (Å²) in [4.78, 5) is 17.1. The highest BCUT2D eigenvalue weighted by molar-refractivity contribution is 5.97. The Morgan fingerprint density at radius 2 is 1.88 bits per heavy atom. The number of para-hydroxylation sites is 1. The van der Waals surface area contributed by atoms with Crippen LogP contribution in [-0.2, 0) is 0 Å². The Balaban J connectivity index is 1.63. The van der Waals surface area contributed by atoms with Gasteiger partial charge in [-0.25, -0.2) is 0 Å². The summed E-state index contributed by atoms with van der Waals surface area (Å²) in [7, 11) is 0. The van der Waals surface area contributed by atoms with E-state index >= 15 is 0 Å². The Morgan fingerprint density at radius 1 is 1.12 bits per heavy atom. The minimum Gasteiger partial charge on any atom is -0.434 e. The van der Waals surface area contributed by atoms with Gasteiger partial charge in [0.25, 0.3) is 5.91 Å². The third kappa shape index (κ3) is 4.91. The summed E-state index contributed by atoms with van der Waals surface area (Å²) in [6, 6.07) is 6.27. The van der Waals surface area contributed by atoms with Crippen LogP contribution in [-0.4, -0.2) is 55.0 Å². The summed E-state index contributed by atoms with van der Waals surface area (Å²) in [6.45, 7) is 1.77. The normalized spacial score (nSPS) is 22.2. The number of carbonyl (C=O) groups is 1. The van der Waals surface area contributed by atoms with Crippen molar-refractivity contribution in [2.75, 3.05) is 32.7 Å². The zero-order chi connectivity index (χ0) is 17.6. The van der Waals surface area contributed by atoms with Crippen molar-refractivity contribution in [3.8, 4) is 5.75 Å². The third-order valence-electron chi connectivity index (χ3n) is 5.10. The van der Waals surface area contributed by atoms with Crippen LogP contribution in [0.5, 0.6) is 5.75 Å². The van der Waals surface area contributed by atoms with Crippen molar-refractivity contribution in [1.82, 2.24) is 9.80 Å². The average molecular weight is 352 g/mol. The van der Waals surface area contributed by atoms with Gasteiger partial charge in [-0.3, -0.25) is 4.79 Å². The number of rotatable bonds is 5. The highest BCUT2D eigenvalue weighted by Gasteiger charge is 2.28. The lowest BCUT2D eigenvalue weighted by atomic mass is 9.95. The molecule has 0 saturated carbocycles. The summed E-state index contributed by atoms with van der Waals surface area (Å²) < 4.78 is 29.7. The molecule has 138 valence electrons. The summed E-state index contributed by atoms with van der Waals surface area (Å²) in [6.07, 6.45) is 5.91. The molecule has 0 N–H and O–H groups in total. The molecule has 0 bridgehead atoms. The number of amides is 1. The van der Waals surface area contributed by atoms with Crippen LogP contribution >= 0.6 is 0 Å². The summed E-state index contributed by atoms with van der Waals surface area (Å²) in [5, 5.41) is 0. The first-order valence-corrected chi connectivity index (χ1v) is 9.19. The van der Waals surface area contributed by atoms with E-state index in [9.17, 15) is 13.6 Å². The smallest absolute Gasteiger partial charge is 0.387 e. The molecule has 0 spiro atoms. The van der Waals surface area contributed by atoms with Crippen molar-refractivity contribution < 1.29 is 18.3 Å². The molecule has 1 unspecified atom stereocenters. The molecular formula is C19H26F2N2O2. The zero-order valence-electron chi connectivity index (χ0n) is 14.5. The molecular weight excluding hydrogens is 326 g/mol. The van der Waals surface area contributed by atoms with E-state index < -0.39 is 6.61 Å². The maximum absolute atomic E-state index is 12.8. The lowest BCUT2D eigenvalue weighted by molar-refractivity contribution is -0.0503. The number of ether oxygens (including phenoxy) is 1. The third-order valence-corrected chi connectivity index (χ3v) is 5.10. The second kappa shape index (κ2) is 8.61. The fourth-order valence-electron chi connectivity index (χ4n) is 3.92. The number of benzene rings is 1. The standard InChI is InChI=1S/C19H26F2N2O2/c20-19(21)25-17-9-3-2-8-16(17)18(24)23-12-6-7-15(14-23)13-22-10-4-1-5-11-22/h2-3,8-9,15,19H,1,4-7,10-14H2. The van der Waals surface area contributed by atoms with E-state index in [0.29, 0.717) is 19.0 Å². The molecule has 3 rings (SSSR count). The van der Waals surface area contributed by atoms with E-state index in [-0.39, 0.29) is 17.2 Å². The lowest BCUT2D eigenvalue weighted by Gasteiger charge is -2.37. The molecule has 0 radical (unpaired) electrons. The van der Waals surface area contributed by atoms with E-state index in [1.54, 1.807) is 23.1 Å². The average Bonchev–Trinajstić information content (AvgIpc) is 2.62. The first kappa shape index (κ1) is 18.1. The molecule has 1 aromatic carbocycles. The fourth-order valence-corrected chi connectivity index (χ4v) is 3.92. The summed E-state index contributed by atoms with van der Waals surface area (Å²) in [5.41, 5.74) is 0.224. The van der Waals surface area contributed by atoms with Crippen molar-refractivity contribution in [1.29, 1.82) is 0 Å². The molecule has 2 saturated heterocycles. The van der Waals surface area contributed by atoms with E-state index in [1.807, 2.05) is 0 Å². The predicted octanol–water partition coefficient (Wildman–Crippen LogP) is 3.63. The number of likely N-dealkylation sites (tertiary alicyclic amines) is 2. The summed E-state index contributed by atoms with van der Waals surface area (Å²) >= 11 is 0. The SMILES string of the molecule is O=C(c1ccccc1OC(F)F)N1CCCC(CN2CCCCC2)C1. The number of hydrogen-bond acceptors (Lipinski definition) is 3. The number of halogens is 2. The fraction of sp³-hybridized carbons (Fsp3) is 0.632. The van der Waals surface area contributed by atoms with Crippen molar-refractivity contribution >= 4 is 5.91 Å². The molecule has 0 aliphatic carbocycles. The Labute approximate surface area is 147 Å². The summed E-state index contributed by atoms with van der Waals surface area (Å²) in [5.74, 6) is 0.208. The molecule has 0 aromatic heterocycles. The molecule has 2 aliphatic heterocycles. The molecule has 2 fully saturated rings. The molecule has 1 amide bonds. The minimum atomic E-state index is -2.93. The number of hydrogen-bond donors (Lipinski definition) is 0.